The number of para-hydroxylation sites is 2. The van der Waals surface area contributed by atoms with Crippen molar-refractivity contribution in [1.29, 1.82) is 0 Å². The third-order valence-electron chi connectivity index (χ3n) is 3.86. The molecule has 1 amide bonds. The van der Waals surface area contributed by atoms with E-state index in [1.807, 2.05) is 31.2 Å². The molecule has 0 fully saturated rings. The highest BCUT2D eigenvalue weighted by atomic mass is 35.5. The van der Waals surface area contributed by atoms with Gasteiger partial charge in [-0.2, -0.15) is 0 Å². The molecule has 6 heteroatoms. The van der Waals surface area contributed by atoms with Crippen LogP contribution in [-0.4, -0.2) is 10.5 Å². The Morgan fingerprint density at radius 3 is 2.83 bits per heavy atom. The quantitative estimate of drug-likeness (QED) is 0.770. The van der Waals surface area contributed by atoms with Crippen molar-refractivity contribution in [2.75, 3.05) is 0 Å². The first kappa shape index (κ1) is 16.3. The zero-order chi connectivity index (χ0) is 17.1. The van der Waals surface area contributed by atoms with Gasteiger partial charge in [0.1, 0.15) is 0 Å². The first-order valence-electron chi connectivity index (χ1n) is 7.68. The highest BCUT2D eigenvalue weighted by molar-refractivity contribution is 6.30. The number of amides is 1. The van der Waals surface area contributed by atoms with E-state index in [9.17, 15) is 9.59 Å². The van der Waals surface area contributed by atoms with Crippen molar-refractivity contribution in [2.24, 2.45) is 0 Å². The Kier molecular flexibility index (Phi) is 4.71. The summed E-state index contributed by atoms with van der Waals surface area (Å²) in [6.07, 6.45) is 0.189. The molecular formula is C18H17ClN2O3. The van der Waals surface area contributed by atoms with Crippen molar-refractivity contribution in [3.63, 3.8) is 0 Å². The van der Waals surface area contributed by atoms with E-state index in [-0.39, 0.29) is 24.9 Å². The molecule has 3 rings (SSSR count). The van der Waals surface area contributed by atoms with Crippen LogP contribution >= 0.6 is 11.6 Å². The Bertz CT molecular complexity index is 929. The Morgan fingerprint density at radius 2 is 2.04 bits per heavy atom. The molecule has 124 valence electrons. The molecule has 3 aromatic rings. The summed E-state index contributed by atoms with van der Waals surface area (Å²) in [6, 6.07) is 14.4. The lowest BCUT2D eigenvalue weighted by Crippen LogP contribution is -2.28. The molecule has 2 aromatic carbocycles. The molecule has 0 radical (unpaired) electrons. The number of hydrogen-bond donors (Lipinski definition) is 1. The summed E-state index contributed by atoms with van der Waals surface area (Å²) in [6.45, 7) is 2.16. The van der Waals surface area contributed by atoms with Gasteiger partial charge in [-0.05, 0) is 36.8 Å². The maximum atomic E-state index is 12.2. The normalized spacial score (nSPS) is 12.2. The van der Waals surface area contributed by atoms with Crippen LogP contribution in [0, 0.1) is 0 Å². The summed E-state index contributed by atoms with van der Waals surface area (Å²) in [5.74, 6) is -0.591. The molecule has 5 nitrogen and oxygen atoms in total. The van der Waals surface area contributed by atoms with Gasteiger partial charge in [-0.1, -0.05) is 35.9 Å². The monoisotopic (exact) mass is 344 g/mol. The van der Waals surface area contributed by atoms with Crippen LogP contribution in [0.15, 0.2) is 57.7 Å². The van der Waals surface area contributed by atoms with E-state index in [2.05, 4.69) is 5.32 Å². The lowest BCUT2D eigenvalue weighted by molar-refractivity contribution is -0.121. The van der Waals surface area contributed by atoms with Gasteiger partial charge in [0.15, 0.2) is 5.58 Å². The molecule has 0 spiro atoms. The fraction of sp³-hybridized carbons (Fsp3) is 0.222. The topological polar surface area (TPSA) is 64.2 Å². The average molecular weight is 345 g/mol. The van der Waals surface area contributed by atoms with Crippen LogP contribution in [0.3, 0.4) is 0 Å². The van der Waals surface area contributed by atoms with E-state index < -0.39 is 5.76 Å². The highest BCUT2D eigenvalue weighted by Crippen LogP contribution is 2.17. The van der Waals surface area contributed by atoms with Gasteiger partial charge in [-0.3, -0.25) is 9.36 Å². The minimum Gasteiger partial charge on any atom is -0.408 e. The molecule has 0 aliphatic carbocycles. The number of benzene rings is 2. The predicted molar refractivity (Wildman–Crippen MR) is 93.1 cm³/mol. The third kappa shape index (κ3) is 3.51. The number of halogens is 1. The zero-order valence-electron chi connectivity index (χ0n) is 13.2. The number of rotatable bonds is 5. The van der Waals surface area contributed by atoms with E-state index in [0.717, 1.165) is 5.56 Å². The van der Waals surface area contributed by atoms with Crippen LogP contribution in [0.4, 0.5) is 0 Å². The lowest BCUT2D eigenvalue weighted by Gasteiger charge is -2.14. The van der Waals surface area contributed by atoms with Gasteiger partial charge in [0.2, 0.25) is 5.91 Å². The van der Waals surface area contributed by atoms with Gasteiger partial charge < -0.3 is 9.73 Å². The first-order chi connectivity index (χ1) is 11.5. The fourth-order valence-corrected chi connectivity index (χ4v) is 2.81. The van der Waals surface area contributed by atoms with Gasteiger partial charge >= 0.3 is 5.76 Å². The van der Waals surface area contributed by atoms with E-state index in [0.29, 0.717) is 16.1 Å². The van der Waals surface area contributed by atoms with Crippen molar-refractivity contribution in [3.8, 4) is 0 Å². The number of aromatic nitrogens is 1. The van der Waals surface area contributed by atoms with E-state index in [1.54, 1.807) is 24.3 Å². The van der Waals surface area contributed by atoms with Crippen LogP contribution in [0.25, 0.3) is 11.1 Å². The summed E-state index contributed by atoms with van der Waals surface area (Å²) >= 11 is 5.97. The molecule has 0 unspecified atom stereocenters. The molecule has 1 atom stereocenters. The number of nitrogens with zero attached hydrogens (tertiary/aromatic N) is 1. The smallest absolute Gasteiger partial charge is 0.408 e. The summed E-state index contributed by atoms with van der Waals surface area (Å²) in [5, 5.41) is 3.54. The summed E-state index contributed by atoms with van der Waals surface area (Å²) in [5.41, 5.74) is 2.15. The van der Waals surface area contributed by atoms with Crippen LogP contribution in [0.1, 0.15) is 24.9 Å². The number of oxazole rings is 1. The van der Waals surface area contributed by atoms with Gasteiger partial charge in [0.25, 0.3) is 0 Å². The molecule has 0 aliphatic heterocycles. The maximum absolute atomic E-state index is 12.2. The second-order valence-electron chi connectivity index (χ2n) is 5.58. The summed E-state index contributed by atoms with van der Waals surface area (Å²) in [7, 11) is 0. The van der Waals surface area contributed by atoms with Gasteiger partial charge in [0, 0.05) is 18.0 Å². The Balaban J connectivity index is 1.65. The average Bonchev–Trinajstić information content (AvgIpc) is 2.88. The van der Waals surface area contributed by atoms with Crippen LogP contribution < -0.4 is 11.1 Å². The molecule has 0 saturated heterocycles. The number of hydrogen-bond acceptors (Lipinski definition) is 3. The van der Waals surface area contributed by atoms with Gasteiger partial charge in [-0.15, -0.1) is 0 Å². The zero-order valence-corrected chi connectivity index (χ0v) is 13.9. The largest absolute Gasteiger partial charge is 0.419 e. The number of carbonyl (C=O) groups excluding carboxylic acids is 1. The molecule has 1 heterocycles. The molecule has 1 aromatic heterocycles. The van der Waals surface area contributed by atoms with Crippen LogP contribution in [0.2, 0.25) is 5.02 Å². The van der Waals surface area contributed by atoms with Crippen molar-refractivity contribution >= 4 is 28.6 Å². The first-order valence-corrected chi connectivity index (χ1v) is 8.05. The number of fused-ring (bicyclic) bond motifs is 1. The molecular weight excluding hydrogens is 328 g/mol. The molecule has 0 aliphatic rings. The van der Waals surface area contributed by atoms with Crippen LogP contribution in [-0.2, 0) is 11.3 Å². The van der Waals surface area contributed by atoms with E-state index >= 15 is 0 Å². The Morgan fingerprint density at radius 1 is 1.25 bits per heavy atom. The van der Waals surface area contributed by atoms with E-state index in [1.165, 1.54) is 4.57 Å². The fourth-order valence-electron chi connectivity index (χ4n) is 2.61. The second kappa shape index (κ2) is 6.93. The molecule has 0 bridgehead atoms. The number of aryl methyl sites for hydroxylation is 1. The lowest BCUT2D eigenvalue weighted by atomic mass is 10.1. The highest BCUT2D eigenvalue weighted by Gasteiger charge is 2.13. The second-order valence-corrected chi connectivity index (χ2v) is 6.02. The maximum Gasteiger partial charge on any atom is 0.419 e. The van der Waals surface area contributed by atoms with Crippen LogP contribution in [0.5, 0.6) is 0 Å². The van der Waals surface area contributed by atoms with Crippen molar-refractivity contribution < 1.29 is 9.21 Å². The SMILES string of the molecule is C[C@H](NC(=O)CCn1c(=O)oc2ccccc21)c1cccc(Cl)c1. The third-order valence-corrected chi connectivity index (χ3v) is 4.10. The predicted octanol–water partition coefficient (Wildman–Crippen LogP) is 3.52. The van der Waals surface area contributed by atoms with Gasteiger partial charge in [0.05, 0.1) is 11.6 Å². The van der Waals surface area contributed by atoms with Gasteiger partial charge in [-0.25, -0.2) is 4.79 Å². The number of nitrogens with one attached hydrogen (secondary N) is 1. The molecule has 24 heavy (non-hydrogen) atoms. The van der Waals surface area contributed by atoms with Crippen molar-refractivity contribution in [3.05, 3.63) is 69.7 Å². The minimum absolute atomic E-state index is 0.139. The number of carbonyl (C=O) groups is 1. The standard InChI is InChI=1S/C18H17ClN2O3/c1-12(13-5-4-6-14(19)11-13)20-17(22)9-10-21-15-7-2-3-8-16(15)24-18(21)23/h2-8,11-12H,9-10H2,1H3,(H,20,22)/t12-/m0/s1. The van der Waals surface area contributed by atoms with Crippen molar-refractivity contribution in [1.82, 2.24) is 9.88 Å². The van der Waals surface area contributed by atoms with E-state index in [4.69, 9.17) is 16.0 Å². The Labute approximate surface area is 143 Å². The minimum atomic E-state index is -0.452. The Hall–Kier alpha value is -2.53. The van der Waals surface area contributed by atoms with Crippen molar-refractivity contribution in [2.45, 2.75) is 25.9 Å². The summed E-state index contributed by atoms with van der Waals surface area (Å²) in [4.78, 5) is 24.0. The molecule has 1 N–H and O–H groups in total. The summed E-state index contributed by atoms with van der Waals surface area (Å²) < 4.78 is 6.63. The molecule has 0 saturated carbocycles.